The Balaban J connectivity index is 1.99. The Morgan fingerprint density at radius 3 is 2.58 bits per heavy atom. The number of carbonyl (C=O) groups is 1. The first-order chi connectivity index (χ1) is 9.14. The topological polar surface area (TPSA) is 73.6 Å². The standard InChI is InChI=1S/C14H18N2O3/c1-2-3-11-4-6-12(7-5-11)16-13(17)14(15)8-18-10-19-9-14/h2,4-7H,1,3,8-10,15H2,(H,16,17). The third kappa shape index (κ3) is 3.41. The molecule has 0 saturated carbocycles. The largest absolute Gasteiger partial charge is 0.353 e. The number of anilines is 1. The van der Waals surface area contributed by atoms with Crippen molar-refractivity contribution < 1.29 is 14.3 Å². The summed E-state index contributed by atoms with van der Waals surface area (Å²) < 4.78 is 10.2. The van der Waals surface area contributed by atoms with Gasteiger partial charge in [0.05, 0.1) is 13.2 Å². The number of rotatable bonds is 4. The molecule has 102 valence electrons. The third-order valence-electron chi connectivity index (χ3n) is 2.93. The zero-order valence-electron chi connectivity index (χ0n) is 10.7. The molecule has 0 spiro atoms. The Kier molecular flexibility index (Phi) is 4.31. The van der Waals surface area contributed by atoms with Crippen LogP contribution in [0.25, 0.3) is 0 Å². The van der Waals surface area contributed by atoms with Gasteiger partial charge in [-0.3, -0.25) is 4.79 Å². The summed E-state index contributed by atoms with van der Waals surface area (Å²) in [5.41, 5.74) is 6.67. The van der Waals surface area contributed by atoms with Gasteiger partial charge in [-0.05, 0) is 24.1 Å². The van der Waals surface area contributed by atoms with E-state index in [1.165, 1.54) is 0 Å². The number of nitrogens with two attached hydrogens (primary N) is 1. The van der Waals surface area contributed by atoms with Crippen LogP contribution in [0.4, 0.5) is 5.69 Å². The fraction of sp³-hybridized carbons (Fsp3) is 0.357. The van der Waals surface area contributed by atoms with E-state index in [4.69, 9.17) is 15.2 Å². The number of hydrogen-bond acceptors (Lipinski definition) is 4. The highest BCUT2D eigenvalue weighted by atomic mass is 16.7. The molecule has 1 fully saturated rings. The predicted octanol–water partition coefficient (Wildman–Crippen LogP) is 1.06. The number of benzene rings is 1. The van der Waals surface area contributed by atoms with Crippen molar-refractivity contribution >= 4 is 11.6 Å². The molecule has 3 N–H and O–H groups in total. The van der Waals surface area contributed by atoms with Gasteiger partial charge in [0.25, 0.3) is 0 Å². The van der Waals surface area contributed by atoms with Gasteiger partial charge in [0, 0.05) is 5.69 Å². The quantitative estimate of drug-likeness (QED) is 0.796. The molecule has 1 aromatic rings. The number of nitrogens with one attached hydrogen (secondary N) is 1. The van der Waals surface area contributed by atoms with Crippen LogP contribution < -0.4 is 11.1 Å². The second kappa shape index (κ2) is 5.97. The van der Waals surface area contributed by atoms with Crippen molar-refractivity contribution in [1.82, 2.24) is 0 Å². The molecule has 0 radical (unpaired) electrons. The normalized spacial score (nSPS) is 17.7. The molecule has 1 heterocycles. The van der Waals surface area contributed by atoms with E-state index in [1.54, 1.807) is 0 Å². The molecular weight excluding hydrogens is 244 g/mol. The summed E-state index contributed by atoms with van der Waals surface area (Å²) in [5, 5.41) is 2.77. The van der Waals surface area contributed by atoms with Crippen LogP contribution in [0.1, 0.15) is 5.56 Å². The third-order valence-corrected chi connectivity index (χ3v) is 2.93. The van der Waals surface area contributed by atoms with E-state index < -0.39 is 5.54 Å². The first-order valence-corrected chi connectivity index (χ1v) is 6.10. The van der Waals surface area contributed by atoms with E-state index in [-0.39, 0.29) is 25.9 Å². The summed E-state index contributed by atoms with van der Waals surface area (Å²) in [7, 11) is 0. The Bertz CT molecular complexity index is 450. The molecular formula is C14H18N2O3. The summed E-state index contributed by atoms with van der Waals surface area (Å²) in [6, 6.07) is 7.55. The van der Waals surface area contributed by atoms with Crippen molar-refractivity contribution in [3.05, 3.63) is 42.5 Å². The first kappa shape index (κ1) is 13.7. The lowest BCUT2D eigenvalue weighted by Crippen LogP contribution is -2.60. The van der Waals surface area contributed by atoms with Crippen LogP contribution in [0.3, 0.4) is 0 Å². The molecule has 0 aliphatic carbocycles. The van der Waals surface area contributed by atoms with Gasteiger partial charge in [-0.2, -0.15) is 0 Å². The lowest BCUT2D eigenvalue weighted by molar-refractivity contribution is -0.153. The average Bonchev–Trinajstić information content (AvgIpc) is 2.42. The summed E-state index contributed by atoms with van der Waals surface area (Å²) in [4.78, 5) is 12.1. The maximum atomic E-state index is 12.1. The molecule has 1 aliphatic heterocycles. The zero-order valence-corrected chi connectivity index (χ0v) is 10.7. The van der Waals surface area contributed by atoms with Crippen LogP contribution >= 0.6 is 0 Å². The van der Waals surface area contributed by atoms with Crippen molar-refractivity contribution in [3.63, 3.8) is 0 Å². The molecule has 0 unspecified atom stereocenters. The predicted molar refractivity (Wildman–Crippen MR) is 72.7 cm³/mol. The fourth-order valence-electron chi connectivity index (χ4n) is 1.83. The van der Waals surface area contributed by atoms with E-state index in [0.717, 1.165) is 12.0 Å². The van der Waals surface area contributed by atoms with Crippen LogP contribution in [-0.2, 0) is 20.7 Å². The molecule has 2 rings (SSSR count). The van der Waals surface area contributed by atoms with Crippen LogP contribution in [0.5, 0.6) is 0 Å². The van der Waals surface area contributed by atoms with Gasteiger partial charge in [-0.15, -0.1) is 6.58 Å². The van der Waals surface area contributed by atoms with Crippen LogP contribution in [0.2, 0.25) is 0 Å². The lowest BCUT2D eigenvalue weighted by Gasteiger charge is -2.31. The van der Waals surface area contributed by atoms with Gasteiger partial charge in [-0.1, -0.05) is 18.2 Å². The molecule has 1 aliphatic rings. The van der Waals surface area contributed by atoms with Crippen LogP contribution in [0.15, 0.2) is 36.9 Å². The van der Waals surface area contributed by atoms with E-state index in [2.05, 4.69) is 11.9 Å². The Labute approximate surface area is 112 Å². The molecule has 0 atom stereocenters. The Morgan fingerprint density at radius 2 is 2.00 bits per heavy atom. The highest BCUT2D eigenvalue weighted by Crippen LogP contribution is 2.15. The van der Waals surface area contributed by atoms with E-state index in [0.29, 0.717) is 5.69 Å². The molecule has 1 aromatic carbocycles. The lowest BCUT2D eigenvalue weighted by atomic mass is 10.0. The molecule has 0 bridgehead atoms. The smallest absolute Gasteiger partial charge is 0.249 e. The number of allylic oxidation sites excluding steroid dienone is 1. The van der Waals surface area contributed by atoms with Gasteiger partial charge in [0.1, 0.15) is 12.3 Å². The molecule has 5 nitrogen and oxygen atoms in total. The van der Waals surface area contributed by atoms with Gasteiger partial charge in [0.2, 0.25) is 5.91 Å². The minimum Gasteiger partial charge on any atom is -0.353 e. The van der Waals surface area contributed by atoms with E-state index in [1.807, 2.05) is 30.3 Å². The summed E-state index contributed by atoms with van der Waals surface area (Å²) in [6.07, 6.45) is 2.63. The molecule has 1 amide bonds. The van der Waals surface area contributed by atoms with Crippen molar-refractivity contribution in [1.29, 1.82) is 0 Å². The van der Waals surface area contributed by atoms with E-state index in [9.17, 15) is 4.79 Å². The minimum atomic E-state index is -1.13. The highest BCUT2D eigenvalue weighted by molar-refractivity contribution is 5.98. The fourth-order valence-corrected chi connectivity index (χ4v) is 1.83. The van der Waals surface area contributed by atoms with Crippen molar-refractivity contribution in [3.8, 4) is 0 Å². The maximum absolute atomic E-state index is 12.1. The summed E-state index contributed by atoms with van der Waals surface area (Å²) in [5.74, 6) is -0.302. The van der Waals surface area contributed by atoms with Crippen molar-refractivity contribution in [2.75, 3.05) is 25.3 Å². The Morgan fingerprint density at radius 1 is 1.37 bits per heavy atom. The second-order valence-corrected chi connectivity index (χ2v) is 4.61. The highest BCUT2D eigenvalue weighted by Gasteiger charge is 2.37. The van der Waals surface area contributed by atoms with E-state index >= 15 is 0 Å². The number of amides is 1. The van der Waals surface area contributed by atoms with Gasteiger partial charge >= 0.3 is 0 Å². The number of ether oxygens (including phenoxy) is 2. The minimum absolute atomic E-state index is 0.160. The molecule has 0 aromatic heterocycles. The van der Waals surface area contributed by atoms with Gasteiger partial charge in [-0.25, -0.2) is 0 Å². The average molecular weight is 262 g/mol. The van der Waals surface area contributed by atoms with Crippen molar-refractivity contribution in [2.24, 2.45) is 5.73 Å². The summed E-state index contributed by atoms with van der Waals surface area (Å²) >= 11 is 0. The number of hydrogen-bond donors (Lipinski definition) is 2. The van der Waals surface area contributed by atoms with Crippen LogP contribution in [0, 0.1) is 0 Å². The maximum Gasteiger partial charge on any atom is 0.249 e. The molecule has 19 heavy (non-hydrogen) atoms. The molecule has 5 heteroatoms. The summed E-state index contributed by atoms with van der Waals surface area (Å²) in [6.45, 7) is 4.19. The molecule has 1 saturated heterocycles. The monoisotopic (exact) mass is 262 g/mol. The number of carbonyl (C=O) groups excluding carboxylic acids is 1. The van der Waals surface area contributed by atoms with Gasteiger partial charge < -0.3 is 20.5 Å². The van der Waals surface area contributed by atoms with Gasteiger partial charge in [0.15, 0.2) is 0 Å². The Hall–Kier alpha value is -1.69. The second-order valence-electron chi connectivity index (χ2n) is 4.61. The van der Waals surface area contributed by atoms with Crippen molar-refractivity contribution in [2.45, 2.75) is 12.0 Å². The first-order valence-electron chi connectivity index (χ1n) is 6.10. The van der Waals surface area contributed by atoms with Crippen LogP contribution in [-0.4, -0.2) is 31.5 Å². The SMILES string of the molecule is C=CCc1ccc(NC(=O)C2(N)COCOC2)cc1. The zero-order chi connectivity index (χ0) is 13.7.